The van der Waals surface area contributed by atoms with E-state index in [1.807, 2.05) is 61.0 Å². The van der Waals surface area contributed by atoms with Gasteiger partial charge in [-0.2, -0.15) is 4.57 Å². The van der Waals surface area contributed by atoms with Crippen LogP contribution in [0.5, 0.6) is 0 Å². The van der Waals surface area contributed by atoms with Crippen LogP contribution in [0.4, 0.5) is 4.79 Å². The molecule has 1 aromatic heterocycles. The van der Waals surface area contributed by atoms with E-state index in [2.05, 4.69) is 12.2 Å². The average Bonchev–Trinajstić information content (AvgIpc) is 3.39. The molecule has 9 nitrogen and oxygen atoms in total. The summed E-state index contributed by atoms with van der Waals surface area (Å²) in [6, 6.07) is 11.9. The second kappa shape index (κ2) is 21.9. The number of benzene rings is 1. The standard InChI is InChI=1S/C38H63N2O7P/c1-4-5-6-7-8-9-10-11-12-13-14-15-16-17-18-21-28-39-36(41)44-32-37(2)26-27-38(3,47-37)33-46-48(42,43)45-31-30-40-29-22-24-34-23-19-20-25-35(34)40/h19-20,22-25,29H,4-18,21,26-28,30-33H2,1-3H3,(H-,39,41,42,43)/p+1. The van der Waals surface area contributed by atoms with Crippen molar-refractivity contribution in [2.75, 3.05) is 26.4 Å². The Morgan fingerprint density at radius 1 is 0.812 bits per heavy atom. The maximum atomic E-state index is 12.6. The Kier molecular flexibility index (Phi) is 18.5. The Morgan fingerprint density at radius 3 is 1.98 bits per heavy atom. The predicted molar refractivity (Wildman–Crippen MR) is 192 cm³/mol. The van der Waals surface area contributed by atoms with E-state index in [1.54, 1.807) is 0 Å². The molecule has 1 aliphatic rings. The maximum Gasteiger partial charge on any atom is 0.472 e. The number of carbonyl (C=O) groups excluding carboxylic acids is 1. The summed E-state index contributed by atoms with van der Waals surface area (Å²) >= 11 is 0. The van der Waals surface area contributed by atoms with E-state index in [4.69, 9.17) is 18.5 Å². The largest absolute Gasteiger partial charge is 0.472 e. The number of amides is 1. The third-order valence-corrected chi connectivity index (χ3v) is 10.4. The fourth-order valence-corrected chi connectivity index (χ4v) is 7.31. The van der Waals surface area contributed by atoms with Gasteiger partial charge in [0.2, 0.25) is 5.52 Å². The zero-order valence-electron chi connectivity index (χ0n) is 30.1. The topological polar surface area (TPSA) is 107 Å². The summed E-state index contributed by atoms with van der Waals surface area (Å²) in [5.41, 5.74) is -0.483. The van der Waals surface area contributed by atoms with E-state index < -0.39 is 25.1 Å². The van der Waals surface area contributed by atoms with Gasteiger partial charge in [0.05, 0.1) is 12.2 Å². The van der Waals surface area contributed by atoms with Crippen LogP contribution < -0.4 is 9.88 Å². The number of unbranched alkanes of at least 4 members (excludes halogenated alkanes) is 15. The molecule has 0 aliphatic carbocycles. The number of rotatable bonds is 26. The van der Waals surface area contributed by atoms with E-state index in [-0.39, 0.29) is 19.8 Å². The van der Waals surface area contributed by atoms with Crippen LogP contribution in [0, 0.1) is 0 Å². The molecule has 48 heavy (non-hydrogen) atoms. The predicted octanol–water partition coefficient (Wildman–Crippen LogP) is 9.58. The first-order chi connectivity index (χ1) is 23.1. The zero-order valence-corrected chi connectivity index (χ0v) is 31.0. The van der Waals surface area contributed by atoms with Crippen LogP contribution in [0.25, 0.3) is 10.9 Å². The fraction of sp³-hybridized carbons (Fsp3) is 0.737. The maximum absolute atomic E-state index is 12.6. The van der Waals surface area contributed by atoms with Gasteiger partial charge in [-0.05, 0) is 45.2 Å². The number of hydrogen-bond donors (Lipinski definition) is 2. The van der Waals surface area contributed by atoms with E-state index in [9.17, 15) is 14.3 Å². The lowest BCUT2D eigenvalue weighted by atomic mass is 9.99. The van der Waals surface area contributed by atoms with Crippen molar-refractivity contribution in [1.29, 1.82) is 0 Å². The van der Waals surface area contributed by atoms with Crippen molar-refractivity contribution in [3.8, 4) is 0 Å². The highest BCUT2D eigenvalue weighted by Crippen LogP contribution is 2.46. The number of fused-ring (bicyclic) bond motifs is 1. The number of para-hydroxylation sites is 1. The van der Waals surface area contributed by atoms with E-state index in [1.165, 1.54) is 89.9 Å². The lowest BCUT2D eigenvalue weighted by molar-refractivity contribution is -0.672. The van der Waals surface area contributed by atoms with Crippen molar-refractivity contribution >= 4 is 24.8 Å². The molecule has 0 bridgehead atoms. The van der Waals surface area contributed by atoms with Crippen molar-refractivity contribution in [2.24, 2.45) is 0 Å². The summed E-state index contributed by atoms with van der Waals surface area (Å²) in [6.07, 6.45) is 23.8. The number of ether oxygens (including phenoxy) is 2. The molecule has 0 spiro atoms. The van der Waals surface area contributed by atoms with Crippen LogP contribution in [-0.4, -0.2) is 48.6 Å². The molecule has 0 saturated carbocycles. The molecule has 0 radical (unpaired) electrons. The molecule has 1 fully saturated rings. The average molecular weight is 692 g/mol. The van der Waals surface area contributed by atoms with Crippen molar-refractivity contribution in [1.82, 2.24) is 5.32 Å². The Hall–Kier alpha value is -2.03. The molecule has 272 valence electrons. The number of alkyl carbamates (subject to hydrolysis) is 1. The van der Waals surface area contributed by atoms with Gasteiger partial charge in [0.25, 0.3) is 0 Å². The highest BCUT2D eigenvalue weighted by atomic mass is 31.2. The quantitative estimate of drug-likeness (QED) is 0.0575. The van der Waals surface area contributed by atoms with Crippen LogP contribution in [0.2, 0.25) is 0 Å². The summed E-state index contributed by atoms with van der Waals surface area (Å²) < 4.78 is 36.9. The van der Waals surface area contributed by atoms with Crippen LogP contribution >= 0.6 is 7.82 Å². The zero-order chi connectivity index (χ0) is 34.6. The number of hydrogen-bond acceptors (Lipinski definition) is 6. The summed E-state index contributed by atoms with van der Waals surface area (Å²) in [4.78, 5) is 22.6. The van der Waals surface area contributed by atoms with E-state index >= 15 is 0 Å². The number of phosphoric ester groups is 1. The monoisotopic (exact) mass is 691 g/mol. The van der Waals surface area contributed by atoms with Crippen LogP contribution in [-0.2, 0) is 29.6 Å². The number of carbonyl (C=O) groups is 1. The molecule has 1 aromatic carbocycles. The number of aromatic nitrogens is 1. The minimum Gasteiger partial charge on any atom is -0.447 e. The molecule has 2 aromatic rings. The first-order valence-corrected chi connectivity index (χ1v) is 20.2. The Bertz CT molecular complexity index is 1240. The van der Waals surface area contributed by atoms with Crippen LogP contribution in [0.3, 0.4) is 0 Å². The number of nitrogens with zero attached hydrogens (tertiary/aromatic N) is 1. The third-order valence-electron chi connectivity index (χ3n) is 9.39. The number of pyridine rings is 1. The lowest BCUT2D eigenvalue weighted by Crippen LogP contribution is -2.39. The molecule has 2 N–H and O–H groups in total. The molecule has 1 amide bonds. The fourth-order valence-electron chi connectivity index (χ4n) is 6.49. The minimum absolute atomic E-state index is 0.0180. The molecule has 3 atom stereocenters. The molecule has 1 aliphatic heterocycles. The molecule has 2 heterocycles. The van der Waals surface area contributed by atoms with Gasteiger partial charge in [0, 0.05) is 24.1 Å². The SMILES string of the molecule is CCCCCCCCCCCCCCCCCCNC(=O)OCC1(C)CCC(C)(COP(=O)(O)OCC[n+]2cccc3ccccc32)O1. The second-order valence-corrected chi connectivity index (χ2v) is 15.6. The van der Waals surface area contributed by atoms with Crippen molar-refractivity contribution < 1.29 is 37.3 Å². The normalized spacial score (nSPS) is 20.6. The second-order valence-electron chi connectivity index (χ2n) is 14.1. The van der Waals surface area contributed by atoms with Gasteiger partial charge >= 0.3 is 13.9 Å². The smallest absolute Gasteiger partial charge is 0.447 e. The van der Waals surface area contributed by atoms with Gasteiger partial charge < -0.3 is 19.7 Å². The highest BCUT2D eigenvalue weighted by molar-refractivity contribution is 7.47. The van der Waals surface area contributed by atoms with E-state index in [0.29, 0.717) is 25.9 Å². The highest BCUT2D eigenvalue weighted by Gasteiger charge is 2.46. The van der Waals surface area contributed by atoms with Gasteiger partial charge in [-0.25, -0.2) is 9.36 Å². The van der Waals surface area contributed by atoms with Crippen molar-refractivity contribution in [3.05, 3.63) is 42.6 Å². The number of phosphoric acid groups is 1. The Balaban J connectivity index is 1.17. The molecule has 3 rings (SSSR count). The van der Waals surface area contributed by atoms with E-state index in [0.717, 1.165) is 23.7 Å². The van der Waals surface area contributed by atoms with Crippen LogP contribution in [0.15, 0.2) is 42.6 Å². The van der Waals surface area contributed by atoms with Crippen molar-refractivity contribution in [2.45, 2.75) is 154 Å². The third kappa shape index (κ3) is 16.1. The van der Waals surface area contributed by atoms with Crippen molar-refractivity contribution in [3.63, 3.8) is 0 Å². The van der Waals surface area contributed by atoms with Gasteiger partial charge in [0.1, 0.15) is 18.8 Å². The molecule has 1 saturated heterocycles. The van der Waals surface area contributed by atoms with Gasteiger partial charge in [-0.3, -0.25) is 9.05 Å². The van der Waals surface area contributed by atoms with Gasteiger partial charge in [-0.15, -0.1) is 0 Å². The summed E-state index contributed by atoms with van der Waals surface area (Å²) in [7, 11) is -4.28. The lowest BCUT2D eigenvalue weighted by Gasteiger charge is -2.30. The number of nitrogens with one attached hydrogen (secondary N) is 1. The summed E-state index contributed by atoms with van der Waals surface area (Å²) in [6.45, 7) is 7.01. The summed E-state index contributed by atoms with van der Waals surface area (Å²) in [5, 5.41) is 3.93. The molecular weight excluding hydrogens is 627 g/mol. The first-order valence-electron chi connectivity index (χ1n) is 18.7. The molecular formula is C38H64N2O7P+. The van der Waals surface area contributed by atoms with Crippen LogP contribution in [0.1, 0.15) is 136 Å². The first kappa shape index (κ1) is 40.4. The summed E-state index contributed by atoms with van der Waals surface area (Å²) in [5.74, 6) is 0. The Morgan fingerprint density at radius 2 is 1.35 bits per heavy atom. The Labute approximate surface area is 290 Å². The molecule has 3 unspecified atom stereocenters. The van der Waals surface area contributed by atoms with Gasteiger partial charge in [-0.1, -0.05) is 115 Å². The molecule has 10 heteroatoms. The van der Waals surface area contributed by atoms with Gasteiger partial charge in [0.15, 0.2) is 12.7 Å². The minimum atomic E-state index is -4.28.